The average Bonchev–Trinajstić information content (AvgIpc) is 2.99. The summed E-state index contributed by atoms with van der Waals surface area (Å²) in [6, 6.07) is 10.5. The van der Waals surface area contributed by atoms with Crippen molar-refractivity contribution in [1.29, 1.82) is 0 Å². The summed E-state index contributed by atoms with van der Waals surface area (Å²) in [5, 5.41) is 3.33. The van der Waals surface area contributed by atoms with Crippen molar-refractivity contribution in [2.75, 3.05) is 18.9 Å². The second kappa shape index (κ2) is 8.68. The first-order chi connectivity index (χ1) is 13.8. The number of benzene rings is 1. The van der Waals surface area contributed by atoms with E-state index in [4.69, 9.17) is 23.2 Å². The minimum atomic E-state index is -0.392. The molecule has 3 aromatic rings. The summed E-state index contributed by atoms with van der Waals surface area (Å²) in [5.74, 6) is -0.648. The third-order valence-electron chi connectivity index (χ3n) is 4.52. The Kier molecular flexibility index (Phi) is 6.25. The molecule has 0 fully saturated rings. The van der Waals surface area contributed by atoms with Gasteiger partial charge in [-0.3, -0.25) is 14.6 Å². The van der Waals surface area contributed by atoms with Crippen molar-refractivity contribution in [2.45, 2.75) is 13.8 Å². The molecule has 2 heterocycles. The van der Waals surface area contributed by atoms with Crippen LogP contribution in [-0.4, -0.2) is 39.9 Å². The molecule has 2 aromatic heterocycles. The maximum Gasteiger partial charge on any atom is 0.255 e. The monoisotopic (exact) mass is 430 g/mol. The van der Waals surface area contributed by atoms with Crippen LogP contribution in [0.1, 0.15) is 21.7 Å². The van der Waals surface area contributed by atoms with Crippen molar-refractivity contribution in [2.24, 2.45) is 0 Å². The molecule has 1 N–H and O–H groups in total. The van der Waals surface area contributed by atoms with E-state index in [-0.39, 0.29) is 12.5 Å². The summed E-state index contributed by atoms with van der Waals surface area (Å²) in [5.41, 5.74) is 3.41. The molecule has 0 aliphatic carbocycles. The first-order valence-corrected chi connectivity index (χ1v) is 9.64. The van der Waals surface area contributed by atoms with Gasteiger partial charge in [0.15, 0.2) is 0 Å². The first kappa shape index (κ1) is 20.9. The smallest absolute Gasteiger partial charge is 0.255 e. The highest BCUT2D eigenvalue weighted by molar-refractivity contribution is 6.39. The van der Waals surface area contributed by atoms with Gasteiger partial charge < -0.3 is 14.8 Å². The quantitative estimate of drug-likeness (QED) is 0.647. The van der Waals surface area contributed by atoms with Crippen LogP contribution in [0.15, 0.2) is 48.8 Å². The highest BCUT2D eigenvalue weighted by Crippen LogP contribution is 2.29. The number of halogens is 2. The predicted molar refractivity (Wildman–Crippen MR) is 115 cm³/mol. The molecule has 0 aliphatic heterocycles. The number of hydrogen-bond donors (Lipinski definition) is 1. The molecule has 29 heavy (non-hydrogen) atoms. The van der Waals surface area contributed by atoms with E-state index in [0.29, 0.717) is 21.3 Å². The van der Waals surface area contributed by atoms with Gasteiger partial charge in [-0.15, -0.1) is 0 Å². The van der Waals surface area contributed by atoms with Gasteiger partial charge in [-0.05, 0) is 44.2 Å². The molecule has 150 valence electrons. The number of hydrogen-bond acceptors (Lipinski definition) is 3. The molecule has 0 spiro atoms. The van der Waals surface area contributed by atoms with Gasteiger partial charge in [-0.2, -0.15) is 0 Å². The van der Waals surface area contributed by atoms with Crippen LogP contribution in [0, 0.1) is 13.8 Å². The lowest BCUT2D eigenvalue weighted by molar-refractivity contribution is -0.116. The summed E-state index contributed by atoms with van der Waals surface area (Å²) >= 11 is 12.2. The number of para-hydroxylation sites is 1. The fraction of sp³-hybridized carbons (Fsp3) is 0.190. The van der Waals surface area contributed by atoms with E-state index in [2.05, 4.69) is 10.3 Å². The molecule has 1 aromatic carbocycles. The Labute approximate surface area is 179 Å². The zero-order valence-electron chi connectivity index (χ0n) is 16.2. The number of likely N-dealkylation sites (N-methyl/N-ethyl adjacent to an activating group) is 1. The maximum absolute atomic E-state index is 12.9. The van der Waals surface area contributed by atoms with Crippen molar-refractivity contribution in [3.63, 3.8) is 0 Å². The Morgan fingerprint density at radius 3 is 2.45 bits per heavy atom. The van der Waals surface area contributed by atoms with Gasteiger partial charge in [0.1, 0.15) is 0 Å². The largest absolute Gasteiger partial charge is 0.332 e. The summed E-state index contributed by atoms with van der Waals surface area (Å²) in [6.07, 6.45) is 3.43. The highest BCUT2D eigenvalue weighted by Gasteiger charge is 2.22. The van der Waals surface area contributed by atoms with E-state index in [1.807, 2.05) is 36.6 Å². The van der Waals surface area contributed by atoms with Crippen molar-refractivity contribution in [3.8, 4) is 5.69 Å². The van der Waals surface area contributed by atoms with E-state index in [9.17, 15) is 9.59 Å². The summed E-state index contributed by atoms with van der Waals surface area (Å²) < 4.78 is 1.96. The highest BCUT2D eigenvalue weighted by atomic mass is 35.5. The van der Waals surface area contributed by atoms with Crippen molar-refractivity contribution < 1.29 is 9.59 Å². The molecule has 2 amide bonds. The Morgan fingerprint density at radius 2 is 1.83 bits per heavy atom. The standard InChI is InChI=1S/C21H20Cl2N4O2/c1-13-10-16(14(2)27(13)15-6-5-9-24-11-15)21(29)26(3)12-19(28)25-20-17(22)7-4-8-18(20)23/h4-11H,12H2,1-3H3,(H,25,28). The van der Waals surface area contributed by atoms with Gasteiger partial charge >= 0.3 is 0 Å². The maximum atomic E-state index is 12.9. The Bertz CT molecular complexity index is 1040. The third-order valence-corrected chi connectivity index (χ3v) is 5.15. The van der Waals surface area contributed by atoms with Gasteiger partial charge in [0, 0.05) is 24.6 Å². The second-order valence-electron chi connectivity index (χ2n) is 6.64. The van der Waals surface area contributed by atoms with E-state index >= 15 is 0 Å². The van der Waals surface area contributed by atoms with Crippen LogP contribution < -0.4 is 5.32 Å². The average molecular weight is 431 g/mol. The van der Waals surface area contributed by atoms with Gasteiger partial charge in [-0.1, -0.05) is 29.3 Å². The Hall–Kier alpha value is -2.83. The molecule has 0 unspecified atom stereocenters. The van der Waals surface area contributed by atoms with E-state index in [0.717, 1.165) is 17.1 Å². The summed E-state index contributed by atoms with van der Waals surface area (Å²) in [6.45, 7) is 3.64. The number of rotatable bonds is 5. The van der Waals surface area contributed by atoms with Gasteiger partial charge in [0.25, 0.3) is 5.91 Å². The second-order valence-corrected chi connectivity index (χ2v) is 7.45. The molecule has 0 bridgehead atoms. The van der Waals surface area contributed by atoms with Gasteiger partial charge in [0.05, 0.1) is 39.7 Å². The number of carbonyl (C=O) groups is 2. The number of aryl methyl sites for hydroxylation is 1. The first-order valence-electron chi connectivity index (χ1n) is 8.88. The van der Waals surface area contributed by atoms with Crippen LogP contribution in [0.25, 0.3) is 5.69 Å². The predicted octanol–water partition coefficient (Wildman–Crippen LogP) is 4.51. The number of carbonyl (C=O) groups excluding carboxylic acids is 2. The van der Waals surface area contributed by atoms with Gasteiger partial charge in [0.2, 0.25) is 5.91 Å². The molecule has 3 rings (SSSR count). The molecular formula is C21H20Cl2N4O2. The number of pyridine rings is 1. The van der Waals surface area contributed by atoms with Crippen LogP contribution in [0.3, 0.4) is 0 Å². The van der Waals surface area contributed by atoms with Crippen LogP contribution >= 0.6 is 23.2 Å². The SMILES string of the molecule is Cc1cc(C(=O)N(C)CC(=O)Nc2c(Cl)cccc2Cl)c(C)n1-c1cccnc1. The molecule has 0 saturated carbocycles. The zero-order valence-corrected chi connectivity index (χ0v) is 17.8. The molecule has 8 heteroatoms. The Balaban J connectivity index is 1.76. The fourth-order valence-corrected chi connectivity index (χ4v) is 3.64. The number of aromatic nitrogens is 2. The third kappa shape index (κ3) is 4.44. The molecule has 0 aliphatic rings. The minimum Gasteiger partial charge on any atom is -0.332 e. The molecule has 0 saturated heterocycles. The number of amides is 2. The van der Waals surface area contributed by atoms with E-state index in [1.54, 1.807) is 37.6 Å². The lowest BCUT2D eigenvalue weighted by atomic mass is 10.2. The van der Waals surface area contributed by atoms with Crippen LogP contribution in [0.5, 0.6) is 0 Å². The van der Waals surface area contributed by atoms with Crippen molar-refractivity contribution in [3.05, 3.63) is 75.8 Å². The minimum absolute atomic E-state index is 0.142. The van der Waals surface area contributed by atoms with Crippen molar-refractivity contribution in [1.82, 2.24) is 14.5 Å². The van der Waals surface area contributed by atoms with Crippen LogP contribution in [0.2, 0.25) is 10.0 Å². The van der Waals surface area contributed by atoms with Gasteiger partial charge in [-0.25, -0.2) is 0 Å². The fourth-order valence-electron chi connectivity index (χ4n) is 3.15. The van der Waals surface area contributed by atoms with E-state index in [1.165, 1.54) is 4.90 Å². The lowest BCUT2D eigenvalue weighted by Crippen LogP contribution is -2.35. The summed E-state index contributed by atoms with van der Waals surface area (Å²) in [7, 11) is 1.58. The normalized spacial score (nSPS) is 10.7. The zero-order chi connectivity index (χ0) is 21.1. The number of nitrogens with zero attached hydrogens (tertiary/aromatic N) is 3. The lowest BCUT2D eigenvalue weighted by Gasteiger charge is -2.18. The molecule has 6 nitrogen and oxygen atoms in total. The number of nitrogens with one attached hydrogen (secondary N) is 1. The Morgan fingerprint density at radius 1 is 1.14 bits per heavy atom. The van der Waals surface area contributed by atoms with Crippen LogP contribution in [0.4, 0.5) is 5.69 Å². The molecule has 0 radical (unpaired) electrons. The molecule has 0 atom stereocenters. The molecular weight excluding hydrogens is 411 g/mol. The van der Waals surface area contributed by atoms with Crippen molar-refractivity contribution >= 4 is 40.7 Å². The number of anilines is 1. The van der Waals surface area contributed by atoms with Crippen LogP contribution in [-0.2, 0) is 4.79 Å². The summed E-state index contributed by atoms with van der Waals surface area (Å²) in [4.78, 5) is 30.8. The van der Waals surface area contributed by atoms with E-state index < -0.39 is 5.91 Å². The topological polar surface area (TPSA) is 67.2 Å².